The van der Waals surface area contributed by atoms with Crippen molar-refractivity contribution < 1.29 is 4.79 Å². The van der Waals surface area contributed by atoms with Gasteiger partial charge in [-0.1, -0.05) is 0 Å². The Labute approximate surface area is 112 Å². The van der Waals surface area contributed by atoms with E-state index in [2.05, 4.69) is 10.6 Å². The lowest BCUT2D eigenvalue weighted by Gasteiger charge is -2.11. The molecule has 4 heteroatoms. The van der Waals surface area contributed by atoms with Crippen molar-refractivity contribution in [3.8, 4) is 5.69 Å². The van der Waals surface area contributed by atoms with Crippen LogP contribution in [-0.4, -0.2) is 29.6 Å². The van der Waals surface area contributed by atoms with E-state index in [9.17, 15) is 4.79 Å². The van der Waals surface area contributed by atoms with Crippen LogP contribution in [0.1, 0.15) is 16.8 Å². The van der Waals surface area contributed by atoms with Crippen molar-refractivity contribution in [1.29, 1.82) is 0 Å². The Morgan fingerprint density at radius 3 is 2.58 bits per heavy atom. The van der Waals surface area contributed by atoms with Crippen LogP contribution in [-0.2, 0) is 0 Å². The summed E-state index contributed by atoms with van der Waals surface area (Å²) in [5, 5.41) is 6.28. The molecule has 1 aliphatic rings. The van der Waals surface area contributed by atoms with E-state index >= 15 is 0 Å². The van der Waals surface area contributed by atoms with Crippen LogP contribution in [0.15, 0.2) is 48.8 Å². The number of aromatic nitrogens is 1. The number of amides is 1. The first-order valence-corrected chi connectivity index (χ1v) is 6.58. The van der Waals surface area contributed by atoms with Crippen LogP contribution in [0.3, 0.4) is 0 Å². The highest BCUT2D eigenvalue weighted by Crippen LogP contribution is 2.10. The molecule has 1 amide bonds. The Hall–Kier alpha value is -2.07. The average molecular weight is 255 g/mol. The van der Waals surface area contributed by atoms with Gasteiger partial charge in [-0.3, -0.25) is 4.79 Å². The summed E-state index contributed by atoms with van der Waals surface area (Å²) in [6.07, 6.45) is 4.98. The molecule has 1 unspecified atom stereocenters. The van der Waals surface area contributed by atoms with Gasteiger partial charge in [-0.25, -0.2) is 0 Å². The lowest BCUT2D eigenvalue weighted by molar-refractivity contribution is 0.0940. The van der Waals surface area contributed by atoms with Gasteiger partial charge in [0.05, 0.1) is 0 Å². The van der Waals surface area contributed by atoms with E-state index in [1.165, 1.54) is 0 Å². The molecule has 0 bridgehead atoms. The molecule has 98 valence electrons. The molecule has 1 atom stereocenters. The van der Waals surface area contributed by atoms with Crippen molar-refractivity contribution in [2.75, 3.05) is 13.1 Å². The number of nitrogens with one attached hydrogen (secondary N) is 2. The Morgan fingerprint density at radius 1 is 1.21 bits per heavy atom. The summed E-state index contributed by atoms with van der Waals surface area (Å²) >= 11 is 0. The first-order chi connectivity index (χ1) is 9.33. The van der Waals surface area contributed by atoms with Crippen LogP contribution < -0.4 is 10.6 Å². The largest absolute Gasteiger partial charge is 0.348 e. The molecule has 2 N–H and O–H groups in total. The summed E-state index contributed by atoms with van der Waals surface area (Å²) in [6, 6.07) is 11.9. The Balaban J connectivity index is 1.69. The molecule has 1 aliphatic heterocycles. The third-order valence-corrected chi connectivity index (χ3v) is 3.43. The highest BCUT2D eigenvalue weighted by molar-refractivity contribution is 5.94. The molecule has 0 radical (unpaired) electrons. The van der Waals surface area contributed by atoms with Crippen molar-refractivity contribution in [2.45, 2.75) is 12.5 Å². The minimum absolute atomic E-state index is 0.00718. The van der Waals surface area contributed by atoms with Gasteiger partial charge >= 0.3 is 0 Å². The maximum atomic E-state index is 12.1. The summed E-state index contributed by atoms with van der Waals surface area (Å²) in [5.41, 5.74) is 1.77. The first-order valence-electron chi connectivity index (χ1n) is 6.58. The molecule has 2 aromatic rings. The van der Waals surface area contributed by atoms with Crippen molar-refractivity contribution in [2.24, 2.45) is 0 Å². The van der Waals surface area contributed by atoms with Gasteiger partial charge in [0.2, 0.25) is 0 Å². The van der Waals surface area contributed by atoms with Crippen LogP contribution in [0.2, 0.25) is 0 Å². The second-order valence-corrected chi connectivity index (χ2v) is 4.80. The number of carbonyl (C=O) groups is 1. The highest BCUT2D eigenvalue weighted by atomic mass is 16.1. The molecule has 0 aliphatic carbocycles. The van der Waals surface area contributed by atoms with Crippen LogP contribution in [0.4, 0.5) is 0 Å². The summed E-state index contributed by atoms with van der Waals surface area (Å²) < 4.78 is 2.02. The predicted octanol–water partition coefficient (Wildman–Crippen LogP) is 1.57. The number of benzene rings is 1. The molecule has 1 aromatic carbocycles. The fraction of sp³-hybridized carbons (Fsp3) is 0.267. The third-order valence-electron chi connectivity index (χ3n) is 3.43. The number of hydrogen-bond donors (Lipinski definition) is 2. The van der Waals surface area contributed by atoms with Gasteiger partial charge in [-0.2, -0.15) is 0 Å². The van der Waals surface area contributed by atoms with Gasteiger partial charge < -0.3 is 15.2 Å². The van der Waals surface area contributed by atoms with Gasteiger partial charge in [0.25, 0.3) is 5.91 Å². The van der Waals surface area contributed by atoms with Crippen molar-refractivity contribution in [3.63, 3.8) is 0 Å². The first kappa shape index (κ1) is 12.0. The van der Waals surface area contributed by atoms with Crippen molar-refractivity contribution >= 4 is 5.91 Å². The van der Waals surface area contributed by atoms with Crippen molar-refractivity contribution in [1.82, 2.24) is 15.2 Å². The van der Waals surface area contributed by atoms with Crippen LogP contribution in [0.5, 0.6) is 0 Å². The molecular formula is C15H17N3O. The van der Waals surface area contributed by atoms with Gasteiger partial charge in [0.1, 0.15) is 0 Å². The topological polar surface area (TPSA) is 46.1 Å². The second-order valence-electron chi connectivity index (χ2n) is 4.80. The summed E-state index contributed by atoms with van der Waals surface area (Å²) in [4.78, 5) is 12.1. The fourth-order valence-electron chi connectivity index (χ4n) is 2.34. The molecule has 1 fully saturated rings. The monoisotopic (exact) mass is 255 g/mol. The highest BCUT2D eigenvalue weighted by Gasteiger charge is 2.17. The van der Waals surface area contributed by atoms with Gasteiger partial charge in [0.15, 0.2) is 0 Å². The normalized spacial score (nSPS) is 18.4. The van der Waals surface area contributed by atoms with Gasteiger partial charge in [-0.15, -0.1) is 0 Å². The lowest BCUT2D eigenvalue weighted by Crippen LogP contribution is -2.36. The zero-order valence-electron chi connectivity index (χ0n) is 10.7. The van der Waals surface area contributed by atoms with Crippen LogP contribution >= 0.6 is 0 Å². The summed E-state index contributed by atoms with van der Waals surface area (Å²) in [5.74, 6) is 0.00718. The molecule has 1 aromatic heterocycles. The Kier molecular flexibility index (Phi) is 3.33. The van der Waals surface area contributed by atoms with E-state index in [0.717, 1.165) is 25.2 Å². The number of carbonyl (C=O) groups excluding carboxylic acids is 1. The minimum atomic E-state index is 0.00718. The molecule has 4 nitrogen and oxygen atoms in total. The van der Waals surface area contributed by atoms with Gasteiger partial charge in [-0.05, 0) is 49.4 Å². The maximum absolute atomic E-state index is 12.1. The molecule has 2 heterocycles. The Morgan fingerprint density at radius 2 is 1.95 bits per heavy atom. The minimum Gasteiger partial charge on any atom is -0.348 e. The van der Waals surface area contributed by atoms with E-state index in [-0.39, 0.29) is 11.9 Å². The smallest absolute Gasteiger partial charge is 0.251 e. The predicted molar refractivity (Wildman–Crippen MR) is 74.5 cm³/mol. The zero-order valence-corrected chi connectivity index (χ0v) is 10.7. The lowest BCUT2D eigenvalue weighted by atomic mass is 10.1. The average Bonchev–Trinajstić information content (AvgIpc) is 3.12. The second kappa shape index (κ2) is 5.28. The quantitative estimate of drug-likeness (QED) is 0.874. The molecule has 1 saturated heterocycles. The van der Waals surface area contributed by atoms with E-state index in [1.807, 2.05) is 53.4 Å². The molecule has 19 heavy (non-hydrogen) atoms. The number of hydrogen-bond acceptors (Lipinski definition) is 2. The number of nitrogens with zero attached hydrogens (tertiary/aromatic N) is 1. The fourth-order valence-corrected chi connectivity index (χ4v) is 2.34. The summed E-state index contributed by atoms with van der Waals surface area (Å²) in [6.45, 7) is 1.85. The third kappa shape index (κ3) is 2.69. The summed E-state index contributed by atoms with van der Waals surface area (Å²) in [7, 11) is 0. The number of rotatable bonds is 3. The van der Waals surface area contributed by atoms with E-state index in [1.54, 1.807) is 0 Å². The molecule has 3 rings (SSSR count). The Bertz CT molecular complexity index is 539. The van der Waals surface area contributed by atoms with Crippen molar-refractivity contribution in [3.05, 3.63) is 54.4 Å². The maximum Gasteiger partial charge on any atom is 0.251 e. The van der Waals surface area contributed by atoms with E-state index in [0.29, 0.717) is 5.56 Å². The standard InChI is InChI=1S/C15H17N3O/c19-15(17-13-7-8-16-11-13)12-3-5-14(6-4-12)18-9-1-2-10-18/h1-6,9-10,13,16H,7-8,11H2,(H,17,19). The van der Waals surface area contributed by atoms with E-state index in [4.69, 9.17) is 0 Å². The van der Waals surface area contributed by atoms with Gasteiger partial charge in [0, 0.05) is 36.2 Å². The van der Waals surface area contributed by atoms with Crippen LogP contribution in [0.25, 0.3) is 5.69 Å². The SMILES string of the molecule is O=C(NC1CCNC1)c1ccc(-n2cccc2)cc1. The molecular weight excluding hydrogens is 238 g/mol. The molecule has 0 saturated carbocycles. The molecule has 0 spiro atoms. The zero-order chi connectivity index (χ0) is 13.1. The van der Waals surface area contributed by atoms with E-state index < -0.39 is 0 Å². The van der Waals surface area contributed by atoms with Crippen LogP contribution in [0, 0.1) is 0 Å².